The maximum Gasteiger partial charge on any atom is 0.337 e. The number of nitrogens with one attached hydrogen (secondary N) is 2. The lowest BCUT2D eigenvalue weighted by Crippen LogP contribution is -2.03. The quantitative estimate of drug-likeness (QED) is 0.681. The zero-order valence-electron chi connectivity index (χ0n) is 13.9. The molecule has 7 heteroatoms. The summed E-state index contributed by atoms with van der Waals surface area (Å²) in [7, 11) is 1.34. The molecule has 3 rings (SSSR count). The lowest BCUT2D eigenvalue weighted by molar-refractivity contribution is 0.0601. The molecule has 128 valence electrons. The van der Waals surface area contributed by atoms with E-state index in [4.69, 9.17) is 10.00 Å². The van der Waals surface area contributed by atoms with Gasteiger partial charge in [0.15, 0.2) is 0 Å². The number of hydrogen-bond donors (Lipinski definition) is 2. The molecule has 0 aliphatic rings. The summed E-state index contributed by atoms with van der Waals surface area (Å²) in [6, 6.07) is 17.8. The number of methoxy groups -OCH3 is 1. The number of hydrogen-bond acceptors (Lipinski definition) is 7. The Kier molecular flexibility index (Phi) is 5.05. The Bertz CT molecular complexity index is 981. The highest BCUT2D eigenvalue weighted by molar-refractivity contribution is 5.90. The molecule has 0 aliphatic heterocycles. The largest absolute Gasteiger partial charge is 0.465 e. The molecule has 0 spiro atoms. The first kappa shape index (κ1) is 16.9. The van der Waals surface area contributed by atoms with Crippen molar-refractivity contribution in [1.82, 2.24) is 9.97 Å². The van der Waals surface area contributed by atoms with E-state index in [9.17, 15) is 4.79 Å². The van der Waals surface area contributed by atoms with Crippen molar-refractivity contribution in [2.45, 2.75) is 0 Å². The predicted molar refractivity (Wildman–Crippen MR) is 97.5 cm³/mol. The van der Waals surface area contributed by atoms with Gasteiger partial charge in [0.2, 0.25) is 5.95 Å². The van der Waals surface area contributed by atoms with Crippen molar-refractivity contribution in [1.29, 1.82) is 5.26 Å². The van der Waals surface area contributed by atoms with Crippen LogP contribution in [0.25, 0.3) is 0 Å². The minimum atomic E-state index is -0.406. The van der Waals surface area contributed by atoms with Crippen molar-refractivity contribution in [2.75, 3.05) is 17.7 Å². The average Bonchev–Trinajstić information content (AvgIpc) is 2.68. The van der Waals surface area contributed by atoms with Crippen molar-refractivity contribution >= 4 is 29.1 Å². The smallest absolute Gasteiger partial charge is 0.337 e. The molecule has 1 heterocycles. The molecule has 2 aromatic carbocycles. The Morgan fingerprint density at radius 1 is 1.08 bits per heavy atom. The van der Waals surface area contributed by atoms with E-state index in [0.717, 1.165) is 0 Å². The number of carbonyl (C=O) groups excluding carboxylic acids is 1. The molecule has 0 radical (unpaired) electrons. The summed E-state index contributed by atoms with van der Waals surface area (Å²) >= 11 is 0. The number of carbonyl (C=O) groups is 1. The van der Waals surface area contributed by atoms with Crippen LogP contribution < -0.4 is 10.6 Å². The van der Waals surface area contributed by atoms with Gasteiger partial charge in [0.25, 0.3) is 0 Å². The fourth-order valence-corrected chi connectivity index (χ4v) is 2.27. The topological polar surface area (TPSA) is 99.9 Å². The second-order valence-corrected chi connectivity index (χ2v) is 5.28. The molecule has 0 fully saturated rings. The molecule has 3 aromatic rings. The number of ether oxygens (including phenoxy) is 1. The molecule has 0 aliphatic carbocycles. The van der Waals surface area contributed by atoms with E-state index in [2.05, 4.69) is 26.7 Å². The number of rotatable bonds is 5. The third-order valence-electron chi connectivity index (χ3n) is 3.46. The molecule has 26 heavy (non-hydrogen) atoms. The van der Waals surface area contributed by atoms with Crippen LogP contribution in [0.1, 0.15) is 15.9 Å². The third-order valence-corrected chi connectivity index (χ3v) is 3.46. The van der Waals surface area contributed by atoms with E-state index in [0.29, 0.717) is 34.3 Å². The minimum absolute atomic E-state index is 0.384. The molecule has 0 saturated carbocycles. The number of esters is 1. The van der Waals surface area contributed by atoms with Crippen LogP contribution in [0.5, 0.6) is 0 Å². The second kappa shape index (κ2) is 7.77. The molecule has 0 bridgehead atoms. The summed E-state index contributed by atoms with van der Waals surface area (Å²) in [4.78, 5) is 20.2. The highest BCUT2D eigenvalue weighted by Gasteiger charge is 2.07. The van der Waals surface area contributed by atoms with Gasteiger partial charge in [-0.1, -0.05) is 12.1 Å². The summed E-state index contributed by atoms with van der Waals surface area (Å²) in [5.41, 5.74) is 2.40. The Hall–Kier alpha value is -3.92. The Labute approximate surface area is 150 Å². The molecule has 1 aromatic heterocycles. The maximum absolute atomic E-state index is 11.6. The van der Waals surface area contributed by atoms with Crippen LogP contribution >= 0.6 is 0 Å². The molecule has 0 atom stereocenters. The molecule has 0 saturated heterocycles. The monoisotopic (exact) mass is 345 g/mol. The first-order valence-electron chi connectivity index (χ1n) is 7.73. The first-order chi connectivity index (χ1) is 12.7. The van der Waals surface area contributed by atoms with Crippen LogP contribution in [0.2, 0.25) is 0 Å². The first-order valence-corrected chi connectivity index (χ1v) is 7.73. The summed E-state index contributed by atoms with van der Waals surface area (Å²) in [6.45, 7) is 0. The molecular formula is C19H15N5O2. The van der Waals surface area contributed by atoms with Gasteiger partial charge in [0.1, 0.15) is 5.82 Å². The van der Waals surface area contributed by atoms with Gasteiger partial charge in [-0.25, -0.2) is 9.78 Å². The number of nitriles is 1. The Morgan fingerprint density at radius 3 is 2.62 bits per heavy atom. The summed E-state index contributed by atoms with van der Waals surface area (Å²) in [5, 5.41) is 15.1. The van der Waals surface area contributed by atoms with Gasteiger partial charge >= 0.3 is 5.97 Å². The number of benzene rings is 2. The van der Waals surface area contributed by atoms with E-state index in [1.54, 1.807) is 48.7 Å². The van der Waals surface area contributed by atoms with Gasteiger partial charge in [-0.3, -0.25) is 0 Å². The fourth-order valence-electron chi connectivity index (χ4n) is 2.27. The molecule has 0 unspecified atom stereocenters. The zero-order valence-corrected chi connectivity index (χ0v) is 13.9. The SMILES string of the molecule is COC(=O)c1cccc(Nc2ccnc(Nc3cccc(C#N)c3)n2)c1. The Balaban J connectivity index is 1.77. The van der Waals surface area contributed by atoms with Crippen LogP contribution in [0.15, 0.2) is 60.8 Å². The third kappa shape index (κ3) is 4.13. The van der Waals surface area contributed by atoms with Crippen molar-refractivity contribution in [2.24, 2.45) is 0 Å². The number of anilines is 4. The van der Waals surface area contributed by atoms with Crippen LogP contribution in [-0.2, 0) is 4.74 Å². The van der Waals surface area contributed by atoms with Gasteiger partial charge in [-0.05, 0) is 42.5 Å². The van der Waals surface area contributed by atoms with E-state index >= 15 is 0 Å². The molecule has 2 N–H and O–H groups in total. The number of nitrogens with zero attached hydrogens (tertiary/aromatic N) is 3. The second-order valence-electron chi connectivity index (χ2n) is 5.28. The van der Waals surface area contributed by atoms with Gasteiger partial charge < -0.3 is 15.4 Å². The average molecular weight is 345 g/mol. The highest BCUT2D eigenvalue weighted by atomic mass is 16.5. The van der Waals surface area contributed by atoms with Gasteiger partial charge in [0, 0.05) is 17.6 Å². The summed E-state index contributed by atoms with van der Waals surface area (Å²) in [6.07, 6.45) is 1.61. The Morgan fingerprint density at radius 2 is 1.85 bits per heavy atom. The van der Waals surface area contributed by atoms with Gasteiger partial charge in [-0.15, -0.1) is 0 Å². The van der Waals surface area contributed by atoms with Crippen molar-refractivity contribution in [3.63, 3.8) is 0 Å². The van der Waals surface area contributed by atoms with E-state index in [-0.39, 0.29) is 0 Å². The van der Waals surface area contributed by atoms with Crippen LogP contribution in [0.4, 0.5) is 23.1 Å². The predicted octanol–water partition coefficient (Wildman–Crippen LogP) is 3.62. The standard InChI is InChI=1S/C19H15N5O2/c1-26-18(25)14-5-3-7-16(11-14)22-17-8-9-21-19(24-17)23-15-6-2-4-13(10-15)12-20/h2-11H,1H3,(H2,21,22,23,24). The van der Waals surface area contributed by atoms with Crippen LogP contribution in [-0.4, -0.2) is 23.0 Å². The minimum Gasteiger partial charge on any atom is -0.465 e. The summed E-state index contributed by atoms with van der Waals surface area (Å²) in [5.74, 6) is 0.534. The lowest BCUT2D eigenvalue weighted by Gasteiger charge is -2.09. The summed E-state index contributed by atoms with van der Waals surface area (Å²) < 4.78 is 4.72. The molecular weight excluding hydrogens is 330 g/mol. The van der Waals surface area contributed by atoms with E-state index in [1.165, 1.54) is 7.11 Å². The highest BCUT2D eigenvalue weighted by Crippen LogP contribution is 2.19. The zero-order chi connectivity index (χ0) is 18.4. The van der Waals surface area contributed by atoms with Crippen molar-refractivity contribution < 1.29 is 9.53 Å². The fraction of sp³-hybridized carbons (Fsp3) is 0.0526. The van der Waals surface area contributed by atoms with Gasteiger partial charge in [-0.2, -0.15) is 10.2 Å². The van der Waals surface area contributed by atoms with Crippen LogP contribution in [0, 0.1) is 11.3 Å². The normalized spacial score (nSPS) is 9.85. The molecule has 0 amide bonds. The van der Waals surface area contributed by atoms with Gasteiger partial charge in [0.05, 0.1) is 24.3 Å². The molecule has 7 nitrogen and oxygen atoms in total. The number of aromatic nitrogens is 2. The van der Waals surface area contributed by atoms with Crippen LogP contribution in [0.3, 0.4) is 0 Å². The van der Waals surface area contributed by atoms with E-state index < -0.39 is 5.97 Å². The van der Waals surface area contributed by atoms with Crippen molar-refractivity contribution in [3.05, 3.63) is 71.9 Å². The maximum atomic E-state index is 11.6. The van der Waals surface area contributed by atoms with Crippen molar-refractivity contribution in [3.8, 4) is 6.07 Å². The van der Waals surface area contributed by atoms with E-state index in [1.807, 2.05) is 12.1 Å². The lowest BCUT2D eigenvalue weighted by atomic mass is 10.2.